The second kappa shape index (κ2) is 10.1. The first-order chi connectivity index (χ1) is 12.5. The molecule has 2 rings (SSSR count). The van der Waals surface area contributed by atoms with Crippen molar-refractivity contribution in [3.05, 3.63) is 59.1 Å². The first-order valence-electron chi connectivity index (χ1n) is 7.97. The molecule has 1 atom stereocenters. The molecule has 1 N–H and O–H groups in total. The van der Waals surface area contributed by atoms with Gasteiger partial charge in [0.15, 0.2) is 6.61 Å². The molecule has 2 aromatic rings. The lowest BCUT2D eigenvalue weighted by molar-refractivity contribution is -0.147. The van der Waals surface area contributed by atoms with E-state index in [0.29, 0.717) is 17.3 Å². The van der Waals surface area contributed by atoms with Gasteiger partial charge in [-0.15, -0.1) is 11.8 Å². The normalized spacial score (nSPS) is 11.5. The third kappa shape index (κ3) is 6.28. The highest BCUT2D eigenvalue weighted by atomic mass is 35.5. The van der Waals surface area contributed by atoms with Gasteiger partial charge in [0.1, 0.15) is 11.0 Å². The van der Waals surface area contributed by atoms with Crippen LogP contribution in [0.2, 0.25) is 5.02 Å². The fraction of sp³-hybridized carbons (Fsp3) is 0.263. The first kappa shape index (κ1) is 20.1. The van der Waals surface area contributed by atoms with Crippen LogP contribution in [-0.2, 0) is 20.9 Å². The molecule has 138 valence electrons. The molecular weight excluding hydrogens is 374 g/mol. The van der Waals surface area contributed by atoms with E-state index < -0.39 is 11.2 Å². The first-order valence-corrected chi connectivity index (χ1v) is 9.23. The van der Waals surface area contributed by atoms with Crippen molar-refractivity contribution in [3.63, 3.8) is 0 Å². The zero-order chi connectivity index (χ0) is 18.9. The summed E-state index contributed by atoms with van der Waals surface area (Å²) in [4.78, 5) is 24.8. The van der Waals surface area contributed by atoms with E-state index in [2.05, 4.69) is 5.32 Å². The Labute approximate surface area is 162 Å². The van der Waals surface area contributed by atoms with Gasteiger partial charge in [0, 0.05) is 22.0 Å². The molecule has 0 bridgehead atoms. The van der Waals surface area contributed by atoms with Crippen LogP contribution in [0.1, 0.15) is 12.5 Å². The van der Waals surface area contributed by atoms with Gasteiger partial charge in [0.05, 0.1) is 7.11 Å². The smallest absolute Gasteiger partial charge is 0.319 e. The molecule has 0 spiro atoms. The van der Waals surface area contributed by atoms with Gasteiger partial charge < -0.3 is 14.8 Å². The summed E-state index contributed by atoms with van der Waals surface area (Å²) in [5.74, 6) is -0.122. The van der Waals surface area contributed by atoms with Crippen molar-refractivity contribution in [1.82, 2.24) is 5.32 Å². The van der Waals surface area contributed by atoms with E-state index in [-0.39, 0.29) is 12.5 Å². The molecule has 2 aromatic carbocycles. The number of para-hydroxylation sites is 1. The third-order valence-electron chi connectivity index (χ3n) is 3.47. The fourth-order valence-electron chi connectivity index (χ4n) is 2.11. The van der Waals surface area contributed by atoms with Crippen molar-refractivity contribution in [2.24, 2.45) is 0 Å². The summed E-state index contributed by atoms with van der Waals surface area (Å²) < 4.78 is 10.3. The largest absolute Gasteiger partial charge is 0.496 e. The Morgan fingerprint density at radius 1 is 1.15 bits per heavy atom. The molecule has 1 amide bonds. The van der Waals surface area contributed by atoms with Crippen LogP contribution in [0.25, 0.3) is 0 Å². The molecule has 5 nitrogen and oxygen atoms in total. The minimum Gasteiger partial charge on any atom is -0.496 e. The van der Waals surface area contributed by atoms with Crippen LogP contribution in [-0.4, -0.2) is 30.8 Å². The van der Waals surface area contributed by atoms with Gasteiger partial charge in [-0.3, -0.25) is 9.59 Å². The van der Waals surface area contributed by atoms with Gasteiger partial charge in [-0.25, -0.2) is 0 Å². The third-order valence-corrected chi connectivity index (χ3v) is 4.81. The van der Waals surface area contributed by atoms with Crippen LogP contribution >= 0.6 is 23.4 Å². The molecule has 26 heavy (non-hydrogen) atoms. The van der Waals surface area contributed by atoms with Crippen molar-refractivity contribution in [1.29, 1.82) is 0 Å². The summed E-state index contributed by atoms with van der Waals surface area (Å²) >= 11 is 7.18. The van der Waals surface area contributed by atoms with Gasteiger partial charge in [0.2, 0.25) is 0 Å². The highest BCUT2D eigenvalue weighted by Crippen LogP contribution is 2.25. The van der Waals surface area contributed by atoms with Gasteiger partial charge in [-0.05, 0) is 37.3 Å². The Hall–Kier alpha value is -2.18. The maximum atomic E-state index is 12.0. The second-order valence-corrected chi connectivity index (χ2v) is 7.26. The molecule has 0 unspecified atom stereocenters. The summed E-state index contributed by atoms with van der Waals surface area (Å²) in [5.41, 5.74) is 0.848. The highest BCUT2D eigenvalue weighted by molar-refractivity contribution is 8.00. The number of esters is 1. The maximum absolute atomic E-state index is 12.0. The summed E-state index contributed by atoms with van der Waals surface area (Å²) in [6.07, 6.45) is 0. The van der Waals surface area contributed by atoms with Crippen LogP contribution in [0.4, 0.5) is 0 Å². The number of rotatable bonds is 8. The Kier molecular flexibility index (Phi) is 7.81. The molecule has 0 aliphatic carbocycles. The number of nitrogens with one attached hydrogen (secondary N) is 1. The Balaban J connectivity index is 1.75. The number of ether oxygens (including phenoxy) is 2. The van der Waals surface area contributed by atoms with Gasteiger partial charge >= 0.3 is 5.97 Å². The monoisotopic (exact) mass is 393 g/mol. The zero-order valence-corrected chi connectivity index (χ0v) is 16.1. The van der Waals surface area contributed by atoms with E-state index in [0.717, 1.165) is 10.5 Å². The molecule has 0 saturated carbocycles. The number of amides is 1. The van der Waals surface area contributed by atoms with Crippen molar-refractivity contribution in [2.75, 3.05) is 13.7 Å². The SMILES string of the molecule is COc1ccccc1CNC(=O)COC(=O)[C@H](C)Sc1ccc(Cl)cc1. The van der Waals surface area contributed by atoms with Crippen molar-refractivity contribution >= 4 is 35.2 Å². The van der Waals surface area contributed by atoms with E-state index in [4.69, 9.17) is 21.1 Å². The van der Waals surface area contributed by atoms with Gasteiger partial charge in [0.25, 0.3) is 5.91 Å². The predicted molar refractivity (Wildman–Crippen MR) is 103 cm³/mol. The van der Waals surface area contributed by atoms with Crippen LogP contribution in [0.3, 0.4) is 0 Å². The molecular formula is C19H20ClNO4S. The number of methoxy groups -OCH3 is 1. The summed E-state index contributed by atoms with van der Waals surface area (Å²) in [7, 11) is 1.57. The molecule has 0 aromatic heterocycles. The molecule has 0 saturated heterocycles. The van der Waals surface area contributed by atoms with Crippen LogP contribution < -0.4 is 10.1 Å². The summed E-state index contributed by atoms with van der Waals surface area (Å²) in [6.45, 7) is 1.71. The maximum Gasteiger partial charge on any atom is 0.319 e. The number of benzene rings is 2. The Morgan fingerprint density at radius 2 is 1.85 bits per heavy atom. The van der Waals surface area contributed by atoms with E-state index in [1.165, 1.54) is 11.8 Å². The molecule has 7 heteroatoms. The second-order valence-electron chi connectivity index (χ2n) is 5.41. The van der Waals surface area contributed by atoms with E-state index in [9.17, 15) is 9.59 Å². The van der Waals surface area contributed by atoms with Crippen molar-refractivity contribution in [3.8, 4) is 5.75 Å². The quantitative estimate of drug-likeness (QED) is 0.547. The molecule has 0 radical (unpaired) electrons. The minimum atomic E-state index is -0.447. The van der Waals surface area contributed by atoms with Crippen LogP contribution in [0, 0.1) is 0 Å². The van der Waals surface area contributed by atoms with Crippen LogP contribution in [0.5, 0.6) is 5.75 Å². The molecule has 0 heterocycles. The van der Waals surface area contributed by atoms with E-state index >= 15 is 0 Å². The highest BCUT2D eigenvalue weighted by Gasteiger charge is 2.17. The van der Waals surface area contributed by atoms with Gasteiger partial charge in [-0.2, -0.15) is 0 Å². The average molecular weight is 394 g/mol. The summed E-state index contributed by atoms with van der Waals surface area (Å²) in [6, 6.07) is 14.6. The lowest BCUT2D eigenvalue weighted by Gasteiger charge is -2.12. The number of carbonyl (C=O) groups is 2. The molecule has 0 aliphatic heterocycles. The number of hydrogen-bond acceptors (Lipinski definition) is 5. The number of halogens is 1. The average Bonchev–Trinajstić information content (AvgIpc) is 2.66. The van der Waals surface area contributed by atoms with Gasteiger partial charge in [-0.1, -0.05) is 29.8 Å². The van der Waals surface area contributed by atoms with Crippen molar-refractivity contribution in [2.45, 2.75) is 23.6 Å². The molecule has 0 fully saturated rings. The molecule has 0 aliphatic rings. The van der Waals surface area contributed by atoms with E-state index in [1.807, 2.05) is 36.4 Å². The predicted octanol–water partition coefficient (Wildman–Crippen LogP) is 3.69. The lowest BCUT2D eigenvalue weighted by atomic mass is 10.2. The minimum absolute atomic E-state index is 0.301. The number of hydrogen-bond donors (Lipinski definition) is 1. The number of thioether (sulfide) groups is 1. The summed E-state index contributed by atoms with van der Waals surface area (Å²) in [5, 5.41) is 2.91. The fourth-order valence-corrected chi connectivity index (χ4v) is 3.11. The number of carbonyl (C=O) groups excluding carboxylic acids is 2. The topological polar surface area (TPSA) is 64.6 Å². The zero-order valence-electron chi connectivity index (χ0n) is 14.5. The Bertz CT molecular complexity index is 751. The van der Waals surface area contributed by atoms with Crippen LogP contribution in [0.15, 0.2) is 53.4 Å². The van der Waals surface area contributed by atoms with E-state index in [1.54, 1.807) is 26.2 Å². The van der Waals surface area contributed by atoms with Crippen molar-refractivity contribution < 1.29 is 19.1 Å². The lowest BCUT2D eigenvalue weighted by Crippen LogP contribution is -2.30. The Morgan fingerprint density at radius 3 is 2.54 bits per heavy atom. The standard InChI is InChI=1S/C19H20ClNO4S/c1-13(26-16-9-7-15(20)8-10-16)19(23)25-12-18(22)21-11-14-5-3-4-6-17(14)24-2/h3-10,13H,11-12H2,1-2H3,(H,21,22)/t13-/m0/s1.